The van der Waals surface area contributed by atoms with Crippen molar-refractivity contribution in [2.75, 3.05) is 27.0 Å². The van der Waals surface area contributed by atoms with Gasteiger partial charge >= 0.3 is 0 Å². The molecule has 0 radical (unpaired) electrons. The van der Waals surface area contributed by atoms with Gasteiger partial charge in [0.25, 0.3) is 0 Å². The van der Waals surface area contributed by atoms with E-state index in [0.29, 0.717) is 29.7 Å². The monoisotopic (exact) mass is 405 g/mol. The molecule has 0 aliphatic carbocycles. The first-order valence-corrected chi connectivity index (χ1v) is 10.1. The molecule has 27 heavy (non-hydrogen) atoms. The lowest BCUT2D eigenvalue weighted by atomic mass is 10.1. The van der Waals surface area contributed by atoms with Crippen LogP contribution in [0.2, 0.25) is 5.02 Å². The maximum Gasteiger partial charge on any atom is 0.246 e. The number of amides is 1. The topological polar surface area (TPSA) is 38.8 Å². The van der Waals surface area contributed by atoms with E-state index >= 15 is 0 Å². The highest BCUT2D eigenvalue weighted by molar-refractivity contribution is 7.98. The molecule has 2 aromatic rings. The third kappa shape index (κ3) is 5.94. The lowest BCUT2D eigenvalue weighted by Crippen LogP contribution is -2.24. The zero-order valence-corrected chi connectivity index (χ0v) is 17.6. The molecule has 0 unspecified atom stereocenters. The third-order valence-corrected chi connectivity index (χ3v) is 4.93. The first-order valence-electron chi connectivity index (χ1n) is 8.55. The number of halogens is 1. The Hall–Kier alpha value is -2.11. The third-order valence-electron chi connectivity index (χ3n) is 3.91. The van der Waals surface area contributed by atoms with Crippen molar-refractivity contribution in [1.29, 1.82) is 0 Å². The van der Waals surface area contributed by atoms with Crippen LogP contribution in [0.15, 0.2) is 47.4 Å². The highest BCUT2D eigenvalue weighted by atomic mass is 35.5. The first-order chi connectivity index (χ1) is 13.0. The molecule has 0 heterocycles. The van der Waals surface area contributed by atoms with Crippen molar-refractivity contribution >= 4 is 35.3 Å². The summed E-state index contributed by atoms with van der Waals surface area (Å²) in [4.78, 5) is 15.3. The van der Waals surface area contributed by atoms with E-state index in [1.165, 1.54) is 11.0 Å². The van der Waals surface area contributed by atoms with Crippen molar-refractivity contribution in [3.8, 4) is 11.5 Å². The van der Waals surface area contributed by atoms with E-state index in [2.05, 4.69) is 12.1 Å². The van der Waals surface area contributed by atoms with Crippen molar-refractivity contribution in [3.05, 3.63) is 58.6 Å². The number of nitrogens with zero attached hydrogens (tertiary/aromatic N) is 1. The molecule has 2 aromatic carbocycles. The average molecular weight is 406 g/mol. The number of methoxy groups -OCH3 is 1. The normalized spacial score (nSPS) is 10.9. The van der Waals surface area contributed by atoms with Gasteiger partial charge in [0.05, 0.1) is 18.7 Å². The largest absolute Gasteiger partial charge is 0.491 e. The predicted octanol–water partition coefficient (Wildman–Crippen LogP) is 5.14. The molecule has 144 valence electrons. The number of hydrogen-bond acceptors (Lipinski definition) is 4. The maximum atomic E-state index is 12.4. The summed E-state index contributed by atoms with van der Waals surface area (Å²) in [5.41, 5.74) is 1.86. The van der Waals surface area contributed by atoms with Crippen molar-refractivity contribution in [1.82, 2.24) is 4.90 Å². The smallest absolute Gasteiger partial charge is 0.246 e. The van der Waals surface area contributed by atoms with Crippen LogP contribution in [-0.4, -0.2) is 37.8 Å². The molecule has 0 atom stereocenters. The van der Waals surface area contributed by atoms with Crippen LogP contribution in [0.5, 0.6) is 11.5 Å². The molecule has 0 aliphatic heterocycles. The van der Waals surface area contributed by atoms with Gasteiger partial charge < -0.3 is 14.4 Å². The molecular weight excluding hydrogens is 382 g/mol. The molecule has 4 nitrogen and oxygen atoms in total. The van der Waals surface area contributed by atoms with Crippen LogP contribution in [0, 0.1) is 0 Å². The number of carbonyl (C=O) groups excluding carboxylic acids is 1. The number of carbonyl (C=O) groups is 1. The molecule has 0 spiro atoms. The van der Waals surface area contributed by atoms with Crippen molar-refractivity contribution in [2.45, 2.75) is 18.4 Å². The van der Waals surface area contributed by atoms with E-state index in [-0.39, 0.29) is 5.91 Å². The second-order valence-electron chi connectivity index (χ2n) is 5.84. The molecule has 0 aliphatic rings. The van der Waals surface area contributed by atoms with Crippen LogP contribution < -0.4 is 9.47 Å². The summed E-state index contributed by atoms with van der Waals surface area (Å²) >= 11 is 7.94. The van der Waals surface area contributed by atoms with Gasteiger partial charge in [0, 0.05) is 24.6 Å². The first kappa shape index (κ1) is 21.2. The lowest BCUT2D eigenvalue weighted by Gasteiger charge is -2.15. The predicted molar refractivity (Wildman–Crippen MR) is 113 cm³/mol. The fourth-order valence-electron chi connectivity index (χ4n) is 2.52. The van der Waals surface area contributed by atoms with Gasteiger partial charge in [-0.1, -0.05) is 23.7 Å². The van der Waals surface area contributed by atoms with Gasteiger partial charge in [-0.25, -0.2) is 0 Å². The van der Waals surface area contributed by atoms with Crippen LogP contribution in [0.25, 0.3) is 6.08 Å². The second-order valence-corrected chi connectivity index (χ2v) is 7.13. The minimum absolute atomic E-state index is 0.0890. The SMILES string of the molecule is CCOc1cc(/C=C/C(=O)N(C)Cc2ccc(SC)cc2)cc(Cl)c1OC. The maximum absolute atomic E-state index is 12.4. The van der Waals surface area contributed by atoms with Gasteiger partial charge in [-0.05, 0) is 54.6 Å². The Kier molecular flexibility index (Phi) is 8.07. The second kappa shape index (κ2) is 10.3. The minimum atomic E-state index is -0.0890. The summed E-state index contributed by atoms with van der Waals surface area (Å²) in [5, 5.41) is 0.442. The van der Waals surface area contributed by atoms with Crippen molar-refractivity contribution in [2.24, 2.45) is 0 Å². The molecular formula is C21H24ClNO3S. The Balaban J connectivity index is 2.08. The van der Waals surface area contributed by atoms with Gasteiger partial charge in [0.1, 0.15) is 0 Å². The fourth-order valence-corrected chi connectivity index (χ4v) is 3.23. The summed E-state index contributed by atoms with van der Waals surface area (Å²) in [6.45, 7) is 2.93. The molecule has 6 heteroatoms. The van der Waals surface area contributed by atoms with E-state index in [9.17, 15) is 4.79 Å². The van der Waals surface area contributed by atoms with Crippen LogP contribution in [0.4, 0.5) is 0 Å². The number of likely N-dealkylation sites (N-methyl/N-ethyl adjacent to an activating group) is 1. The summed E-state index contributed by atoms with van der Waals surface area (Å²) in [5.74, 6) is 0.962. The molecule has 0 saturated heterocycles. The van der Waals surface area contributed by atoms with Crippen molar-refractivity contribution in [3.63, 3.8) is 0 Å². The number of rotatable bonds is 8. The van der Waals surface area contributed by atoms with Gasteiger partial charge in [0.15, 0.2) is 11.5 Å². The van der Waals surface area contributed by atoms with Gasteiger partial charge in [-0.2, -0.15) is 0 Å². The fraction of sp³-hybridized carbons (Fsp3) is 0.286. The summed E-state index contributed by atoms with van der Waals surface area (Å²) in [7, 11) is 3.32. The molecule has 1 amide bonds. The standard InChI is InChI=1S/C21H24ClNO3S/c1-5-26-19-13-16(12-18(22)21(19)25-3)8-11-20(24)23(2)14-15-6-9-17(27-4)10-7-15/h6-13H,5,14H2,1-4H3/b11-8+. The van der Waals surface area contributed by atoms with Crippen LogP contribution in [-0.2, 0) is 11.3 Å². The number of benzene rings is 2. The van der Waals surface area contributed by atoms with Gasteiger partial charge in [-0.3, -0.25) is 4.79 Å². The summed E-state index contributed by atoms with van der Waals surface area (Å²) in [6, 6.07) is 11.7. The van der Waals surface area contributed by atoms with E-state index in [1.807, 2.05) is 25.3 Å². The van der Waals surface area contributed by atoms with E-state index in [4.69, 9.17) is 21.1 Å². The molecule has 0 bridgehead atoms. The Morgan fingerprint density at radius 3 is 2.56 bits per heavy atom. The summed E-state index contributed by atoms with van der Waals surface area (Å²) < 4.78 is 10.8. The van der Waals surface area contributed by atoms with Crippen LogP contribution in [0.1, 0.15) is 18.1 Å². The lowest BCUT2D eigenvalue weighted by molar-refractivity contribution is -0.125. The Bertz CT molecular complexity index is 806. The Labute approximate surface area is 170 Å². The van der Waals surface area contributed by atoms with Crippen molar-refractivity contribution < 1.29 is 14.3 Å². The Morgan fingerprint density at radius 1 is 1.26 bits per heavy atom. The Morgan fingerprint density at radius 2 is 1.96 bits per heavy atom. The molecule has 2 rings (SSSR count). The summed E-state index contributed by atoms with van der Waals surface area (Å²) in [6.07, 6.45) is 5.30. The molecule has 0 aromatic heterocycles. The molecule has 0 N–H and O–H groups in total. The number of thioether (sulfide) groups is 1. The highest BCUT2D eigenvalue weighted by Crippen LogP contribution is 2.36. The molecule has 0 fully saturated rings. The van der Waals surface area contributed by atoms with E-state index < -0.39 is 0 Å². The average Bonchev–Trinajstić information content (AvgIpc) is 2.66. The van der Waals surface area contributed by atoms with Gasteiger partial charge in [0.2, 0.25) is 5.91 Å². The van der Waals surface area contributed by atoms with Gasteiger partial charge in [-0.15, -0.1) is 11.8 Å². The van der Waals surface area contributed by atoms with E-state index in [1.54, 1.807) is 49.0 Å². The zero-order valence-electron chi connectivity index (χ0n) is 16.0. The number of hydrogen-bond donors (Lipinski definition) is 0. The quantitative estimate of drug-likeness (QED) is 0.450. The molecule has 0 saturated carbocycles. The highest BCUT2D eigenvalue weighted by Gasteiger charge is 2.11. The van der Waals surface area contributed by atoms with E-state index in [0.717, 1.165) is 11.1 Å². The van der Waals surface area contributed by atoms with Crippen LogP contribution >= 0.6 is 23.4 Å². The number of ether oxygens (including phenoxy) is 2. The minimum Gasteiger partial charge on any atom is -0.491 e. The van der Waals surface area contributed by atoms with Crippen LogP contribution in [0.3, 0.4) is 0 Å². The zero-order chi connectivity index (χ0) is 19.8.